The van der Waals surface area contributed by atoms with Crippen LogP contribution in [0.15, 0.2) is 43.0 Å². The summed E-state index contributed by atoms with van der Waals surface area (Å²) in [5, 5.41) is 9.09. The molecular formula is C31H35N5. The molecule has 2 aromatic carbocycles. The lowest BCUT2D eigenvalue weighted by Crippen LogP contribution is -2.31. The summed E-state index contributed by atoms with van der Waals surface area (Å²) in [5.41, 5.74) is 11.0. The van der Waals surface area contributed by atoms with E-state index in [9.17, 15) is 0 Å². The highest BCUT2D eigenvalue weighted by Gasteiger charge is 2.30. The Labute approximate surface area is 214 Å². The minimum atomic E-state index is 0.545. The van der Waals surface area contributed by atoms with Gasteiger partial charge in [-0.3, -0.25) is 0 Å². The topological polar surface area (TPSA) is 59.0 Å². The van der Waals surface area contributed by atoms with Crippen LogP contribution in [0.1, 0.15) is 76.7 Å². The molecule has 3 aromatic rings. The van der Waals surface area contributed by atoms with Crippen molar-refractivity contribution in [2.24, 2.45) is 0 Å². The first-order chi connectivity index (χ1) is 17.5. The number of nitrogens with zero attached hydrogens (tertiary/aromatic N) is 4. The number of H-pyrrole nitrogens is 1. The average Bonchev–Trinajstić information content (AvgIpc) is 3.67. The molecule has 184 valence electrons. The lowest BCUT2D eigenvalue weighted by Gasteiger charge is -2.35. The van der Waals surface area contributed by atoms with E-state index in [4.69, 9.17) is 10.2 Å². The summed E-state index contributed by atoms with van der Waals surface area (Å²) in [6.07, 6.45) is 5.78. The summed E-state index contributed by atoms with van der Waals surface area (Å²) >= 11 is 0. The zero-order valence-electron chi connectivity index (χ0n) is 21.5. The molecule has 0 spiro atoms. The van der Waals surface area contributed by atoms with E-state index in [1.807, 2.05) is 12.1 Å². The predicted octanol–water partition coefficient (Wildman–Crippen LogP) is 5.97. The molecule has 1 saturated carbocycles. The second kappa shape index (κ2) is 9.26. The van der Waals surface area contributed by atoms with Gasteiger partial charge in [0.15, 0.2) is 0 Å². The number of likely N-dealkylation sites (tertiary alicyclic amines) is 1. The Morgan fingerprint density at radius 1 is 1.06 bits per heavy atom. The van der Waals surface area contributed by atoms with Crippen LogP contribution in [0, 0.1) is 18.3 Å². The summed E-state index contributed by atoms with van der Waals surface area (Å²) in [6, 6.07) is 15.1. The third-order valence-corrected chi connectivity index (χ3v) is 8.39. The van der Waals surface area contributed by atoms with Crippen LogP contribution in [-0.4, -0.2) is 46.4 Å². The maximum Gasteiger partial charge on any atom is 0.138 e. The van der Waals surface area contributed by atoms with E-state index in [0.29, 0.717) is 11.8 Å². The van der Waals surface area contributed by atoms with Gasteiger partial charge in [0.2, 0.25) is 0 Å². The Kier molecular flexibility index (Phi) is 5.93. The Morgan fingerprint density at radius 2 is 1.81 bits per heavy atom. The number of imidazole rings is 1. The van der Waals surface area contributed by atoms with Gasteiger partial charge in [0.1, 0.15) is 5.82 Å². The molecule has 0 unspecified atom stereocenters. The number of rotatable bonds is 5. The Morgan fingerprint density at radius 3 is 2.50 bits per heavy atom. The number of nitrogens with one attached hydrogen (secondary N) is 1. The van der Waals surface area contributed by atoms with Crippen molar-refractivity contribution in [1.82, 2.24) is 19.8 Å². The van der Waals surface area contributed by atoms with Crippen molar-refractivity contribution in [2.75, 3.05) is 26.7 Å². The summed E-state index contributed by atoms with van der Waals surface area (Å²) in [5.74, 6) is 2.24. The number of fused-ring (bicyclic) bond motifs is 1. The number of likely N-dealkylation sites (N-methyl/N-ethyl adjacent to an activating group) is 1. The van der Waals surface area contributed by atoms with Crippen LogP contribution in [0.4, 0.5) is 0 Å². The Hall–Kier alpha value is -3.36. The van der Waals surface area contributed by atoms with Gasteiger partial charge >= 0.3 is 0 Å². The molecule has 1 saturated heterocycles. The van der Waals surface area contributed by atoms with Crippen LogP contribution in [0.3, 0.4) is 0 Å². The first-order valence-electron chi connectivity index (χ1n) is 13.4. The van der Waals surface area contributed by atoms with Crippen molar-refractivity contribution in [3.8, 4) is 17.5 Å². The molecule has 5 nitrogen and oxygen atoms in total. The molecule has 6 rings (SSSR count). The van der Waals surface area contributed by atoms with Crippen molar-refractivity contribution < 1.29 is 0 Å². The maximum absolute atomic E-state index is 9.09. The third kappa shape index (κ3) is 4.35. The normalized spacial score (nSPS) is 18.6. The second-order valence-corrected chi connectivity index (χ2v) is 11.0. The van der Waals surface area contributed by atoms with Crippen molar-refractivity contribution in [3.63, 3.8) is 0 Å². The Balaban J connectivity index is 1.24. The molecule has 2 aliphatic heterocycles. The van der Waals surface area contributed by atoms with Crippen molar-refractivity contribution in [1.29, 1.82) is 5.26 Å². The minimum Gasteiger partial charge on any atom is -0.371 e. The van der Waals surface area contributed by atoms with Gasteiger partial charge in [-0.05, 0) is 86.4 Å². The molecule has 2 fully saturated rings. The first kappa shape index (κ1) is 23.1. The molecule has 1 aromatic heterocycles. The first-order valence-corrected chi connectivity index (χ1v) is 13.4. The van der Waals surface area contributed by atoms with E-state index in [0.717, 1.165) is 62.5 Å². The van der Waals surface area contributed by atoms with E-state index < -0.39 is 0 Å². The number of aryl methyl sites for hydroxylation is 1. The van der Waals surface area contributed by atoms with Crippen LogP contribution in [0.2, 0.25) is 0 Å². The second-order valence-electron chi connectivity index (χ2n) is 11.0. The van der Waals surface area contributed by atoms with Gasteiger partial charge in [-0.15, -0.1) is 0 Å². The van der Waals surface area contributed by atoms with Gasteiger partial charge < -0.3 is 14.8 Å². The molecule has 36 heavy (non-hydrogen) atoms. The smallest absolute Gasteiger partial charge is 0.138 e. The number of hydrogen-bond acceptors (Lipinski definition) is 4. The minimum absolute atomic E-state index is 0.545. The largest absolute Gasteiger partial charge is 0.371 e. The molecule has 1 N–H and O–H groups in total. The maximum atomic E-state index is 9.09. The molecule has 1 aliphatic carbocycles. The average molecular weight is 478 g/mol. The van der Waals surface area contributed by atoms with E-state index in [2.05, 4.69) is 65.7 Å². The fraction of sp³-hybridized carbons (Fsp3) is 0.419. The number of benzene rings is 2. The van der Waals surface area contributed by atoms with Gasteiger partial charge in [0.25, 0.3) is 0 Å². The summed E-state index contributed by atoms with van der Waals surface area (Å²) in [4.78, 5) is 13.6. The van der Waals surface area contributed by atoms with Gasteiger partial charge in [-0.2, -0.15) is 5.26 Å². The van der Waals surface area contributed by atoms with Crippen molar-refractivity contribution in [2.45, 2.75) is 57.4 Å². The van der Waals surface area contributed by atoms with Crippen LogP contribution >= 0.6 is 0 Å². The molecule has 0 amide bonds. The predicted molar refractivity (Wildman–Crippen MR) is 145 cm³/mol. The zero-order valence-corrected chi connectivity index (χ0v) is 21.5. The number of nitriles is 1. The van der Waals surface area contributed by atoms with Crippen LogP contribution in [0.5, 0.6) is 0 Å². The lowest BCUT2D eigenvalue weighted by atomic mass is 9.88. The van der Waals surface area contributed by atoms with Crippen LogP contribution in [-0.2, 0) is 13.0 Å². The van der Waals surface area contributed by atoms with Gasteiger partial charge in [-0.1, -0.05) is 24.8 Å². The van der Waals surface area contributed by atoms with Gasteiger partial charge in [0, 0.05) is 49.4 Å². The van der Waals surface area contributed by atoms with Crippen molar-refractivity contribution in [3.05, 3.63) is 82.2 Å². The Bertz CT molecular complexity index is 1330. The summed E-state index contributed by atoms with van der Waals surface area (Å²) < 4.78 is 0. The standard InChI is InChI=1S/C31H35N5/c1-20-16-27(25-8-9-25)28(31-33-29-12-13-35(3)19-30(29)34-31)17-26(20)21(2)36-14-10-24(11-15-36)23-6-4-22(18-32)5-7-23/h4-7,16-17,24-25H,2,8-15,19H2,1,3H3,(H,33,34). The lowest BCUT2D eigenvalue weighted by molar-refractivity contribution is 0.299. The molecule has 0 radical (unpaired) electrons. The summed E-state index contributed by atoms with van der Waals surface area (Å²) in [7, 11) is 2.18. The van der Waals surface area contributed by atoms with E-state index in [1.54, 1.807) is 0 Å². The fourth-order valence-electron chi connectivity index (χ4n) is 6.02. The highest BCUT2D eigenvalue weighted by atomic mass is 15.1. The third-order valence-electron chi connectivity index (χ3n) is 8.39. The molecule has 3 heterocycles. The van der Waals surface area contributed by atoms with E-state index in [1.165, 1.54) is 52.0 Å². The monoisotopic (exact) mass is 477 g/mol. The molecular weight excluding hydrogens is 442 g/mol. The number of piperidine rings is 1. The van der Waals surface area contributed by atoms with Gasteiger partial charge in [-0.25, -0.2) is 4.98 Å². The molecule has 0 atom stereocenters. The van der Waals surface area contributed by atoms with E-state index in [-0.39, 0.29) is 0 Å². The fourth-order valence-corrected chi connectivity index (χ4v) is 6.02. The number of hydrogen-bond donors (Lipinski definition) is 1. The van der Waals surface area contributed by atoms with Crippen molar-refractivity contribution >= 4 is 5.70 Å². The SMILES string of the molecule is C=C(c1cc(-c2nc3c([nH]2)CN(C)CC3)c(C2CC2)cc1C)N1CCC(c2ccc(C#N)cc2)CC1. The van der Waals surface area contributed by atoms with Crippen LogP contribution in [0.25, 0.3) is 17.1 Å². The van der Waals surface area contributed by atoms with Crippen LogP contribution < -0.4 is 0 Å². The quantitative estimate of drug-likeness (QED) is 0.492. The highest BCUT2D eigenvalue weighted by molar-refractivity contribution is 5.74. The summed E-state index contributed by atoms with van der Waals surface area (Å²) in [6.45, 7) is 10.8. The number of aromatic nitrogens is 2. The molecule has 3 aliphatic rings. The molecule has 0 bridgehead atoms. The number of aromatic amines is 1. The zero-order chi connectivity index (χ0) is 24.8. The molecule has 5 heteroatoms. The highest BCUT2D eigenvalue weighted by Crippen LogP contribution is 2.46. The van der Waals surface area contributed by atoms with Gasteiger partial charge in [0.05, 0.1) is 23.0 Å². The van der Waals surface area contributed by atoms with E-state index >= 15 is 0 Å².